The van der Waals surface area contributed by atoms with Crippen LogP contribution >= 0.6 is 23.2 Å². The Morgan fingerprint density at radius 1 is 0.951 bits per heavy atom. The Morgan fingerprint density at radius 2 is 1.71 bits per heavy atom. The van der Waals surface area contributed by atoms with Crippen LogP contribution in [-0.4, -0.2) is 49.6 Å². The Morgan fingerprint density at radius 3 is 2.44 bits per heavy atom. The molecule has 41 heavy (non-hydrogen) atoms. The van der Waals surface area contributed by atoms with Gasteiger partial charge in [-0.05, 0) is 106 Å². The minimum atomic E-state index is -4.40. The molecule has 0 saturated carbocycles. The van der Waals surface area contributed by atoms with Crippen LogP contribution in [0.2, 0.25) is 10.0 Å². The van der Waals surface area contributed by atoms with Crippen LogP contribution in [0, 0.1) is 5.92 Å². The van der Waals surface area contributed by atoms with Gasteiger partial charge in [0.05, 0.1) is 15.6 Å². The number of likely N-dealkylation sites (tertiary alicyclic amines) is 1. The van der Waals surface area contributed by atoms with E-state index >= 15 is 0 Å². The monoisotopic (exact) mass is 612 g/mol. The fraction of sp³-hybridized carbons (Fsp3) is 0.467. The minimum Gasteiger partial charge on any atom is -0.353 e. The van der Waals surface area contributed by atoms with Crippen molar-refractivity contribution in [3.63, 3.8) is 0 Å². The highest BCUT2D eigenvalue weighted by Crippen LogP contribution is 2.30. The van der Waals surface area contributed by atoms with E-state index in [1.807, 2.05) is 0 Å². The van der Waals surface area contributed by atoms with Gasteiger partial charge in [-0.15, -0.1) is 0 Å². The van der Waals surface area contributed by atoms with Crippen molar-refractivity contribution < 1.29 is 22.8 Å². The van der Waals surface area contributed by atoms with Gasteiger partial charge in [0.2, 0.25) is 5.91 Å². The fourth-order valence-electron chi connectivity index (χ4n) is 4.80. The number of carbonyl (C=O) groups is 2. The summed E-state index contributed by atoms with van der Waals surface area (Å²) in [5.74, 6) is 0.451. The molecule has 1 unspecified atom stereocenters. The van der Waals surface area contributed by atoms with Crippen LogP contribution in [0.15, 0.2) is 48.5 Å². The van der Waals surface area contributed by atoms with Gasteiger partial charge in [-0.1, -0.05) is 35.7 Å². The van der Waals surface area contributed by atoms with Crippen molar-refractivity contribution in [2.45, 2.75) is 51.1 Å². The molecule has 3 rings (SSSR count). The molecule has 1 saturated heterocycles. The standard InChI is InChI=1S/C30H37Cl2F3N4O2/c31-26-14-8-22(20-27(26)32)9-15-28(40)36-16-2-1-3-18-39-19-5-7-23(21-39)6-4-17-37-29(41)38-25-12-10-24(11-13-25)30(33,34)35/h8-15,20,23H,1-7,16-19,21H2,(H,36,40)(H2,37,38,41)/b15-9+. The molecule has 0 radical (unpaired) electrons. The number of hydrogen-bond acceptors (Lipinski definition) is 3. The lowest BCUT2D eigenvalue weighted by molar-refractivity contribution is -0.137. The zero-order valence-corrected chi connectivity index (χ0v) is 24.4. The van der Waals surface area contributed by atoms with E-state index in [4.69, 9.17) is 23.2 Å². The number of nitrogens with one attached hydrogen (secondary N) is 3. The van der Waals surface area contributed by atoms with Crippen molar-refractivity contribution in [1.29, 1.82) is 0 Å². The molecule has 3 amide bonds. The van der Waals surface area contributed by atoms with Crippen molar-refractivity contribution in [3.8, 4) is 0 Å². The molecule has 1 heterocycles. The summed E-state index contributed by atoms with van der Waals surface area (Å²) < 4.78 is 38.0. The molecular weight excluding hydrogens is 576 g/mol. The number of rotatable bonds is 13. The van der Waals surface area contributed by atoms with Gasteiger partial charge in [-0.25, -0.2) is 4.79 Å². The van der Waals surface area contributed by atoms with E-state index in [1.165, 1.54) is 24.6 Å². The summed E-state index contributed by atoms with van der Waals surface area (Å²) in [6.07, 6.45) is 6.03. The zero-order valence-electron chi connectivity index (χ0n) is 22.9. The third-order valence-electron chi connectivity index (χ3n) is 6.97. The number of hydrogen-bond donors (Lipinski definition) is 3. The molecule has 11 heteroatoms. The molecule has 0 bridgehead atoms. The maximum Gasteiger partial charge on any atom is 0.416 e. The van der Waals surface area contributed by atoms with Gasteiger partial charge in [0.15, 0.2) is 0 Å². The number of urea groups is 1. The van der Waals surface area contributed by atoms with E-state index in [-0.39, 0.29) is 5.91 Å². The first-order valence-corrected chi connectivity index (χ1v) is 14.7. The van der Waals surface area contributed by atoms with Gasteiger partial charge >= 0.3 is 12.2 Å². The highest BCUT2D eigenvalue weighted by atomic mass is 35.5. The third-order valence-corrected chi connectivity index (χ3v) is 7.71. The largest absolute Gasteiger partial charge is 0.416 e. The summed E-state index contributed by atoms with van der Waals surface area (Å²) in [7, 11) is 0. The minimum absolute atomic E-state index is 0.137. The molecule has 224 valence electrons. The van der Waals surface area contributed by atoms with Gasteiger partial charge in [0.1, 0.15) is 0 Å². The SMILES string of the molecule is O=C(/C=C/c1ccc(Cl)c(Cl)c1)NCCCCCN1CCCC(CCCNC(=O)Nc2ccc(C(F)(F)F)cc2)C1. The molecule has 3 N–H and O–H groups in total. The molecule has 6 nitrogen and oxygen atoms in total. The quantitative estimate of drug-likeness (QED) is 0.161. The Hall–Kier alpha value is -2.75. The Kier molecular flexibility index (Phi) is 13.3. The molecule has 0 spiro atoms. The first kappa shape index (κ1) is 32.8. The van der Waals surface area contributed by atoms with Gasteiger partial charge in [0.25, 0.3) is 0 Å². The van der Waals surface area contributed by atoms with Crippen molar-refractivity contribution in [2.24, 2.45) is 5.92 Å². The Balaban J connectivity index is 1.21. The number of nitrogens with zero attached hydrogens (tertiary/aromatic N) is 1. The molecular formula is C30H37Cl2F3N4O2. The molecule has 1 atom stereocenters. The van der Waals surface area contributed by atoms with Crippen LogP contribution in [-0.2, 0) is 11.0 Å². The van der Waals surface area contributed by atoms with Crippen LogP contribution in [0.5, 0.6) is 0 Å². The Bertz CT molecular complexity index is 1160. The van der Waals surface area contributed by atoms with Crippen LogP contribution in [0.3, 0.4) is 0 Å². The van der Waals surface area contributed by atoms with E-state index in [9.17, 15) is 22.8 Å². The predicted molar refractivity (Wildman–Crippen MR) is 159 cm³/mol. The predicted octanol–water partition coefficient (Wildman–Crippen LogP) is 7.63. The van der Waals surface area contributed by atoms with Crippen molar-refractivity contribution >= 4 is 46.9 Å². The lowest BCUT2D eigenvalue weighted by Gasteiger charge is -2.32. The number of alkyl halides is 3. The number of piperidine rings is 1. The van der Waals surface area contributed by atoms with Crippen molar-refractivity contribution in [3.05, 3.63) is 69.7 Å². The van der Waals surface area contributed by atoms with Crippen LogP contribution in [0.4, 0.5) is 23.7 Å². The summed E-state index contributed by atoms with van der Waals surface area (Å²) in [5.41, 5.74) is 0.380. The lowest BCUT2D eigenvalue weighted by atomic mass is 9.93. The summed E-state index contributed by atoms with van der Waals surface area (Å²) >= 11 is 11.9. The van der Waals surface area contributed by atoms with Crippen LogP contribution in [0.1, 0.15) is 56.1 Å². The van der Waals surface area contributed by atoms with Crippen molar-refractivity contribution in [2.75, 3.05) is 38.0 Å². The molecule has 0 aromatic heterocycles. The maximum atomic E-state index is 12.7. The summed E-state index contributed by atoms with van der Waals surface area (Å²) in [6.45, 7) is 4.33. The van der Waals surface area contributed by atoms with Gasteiger partial charge < -0.3 is 20.9 Å². The fourth-order valence-corrected chi connectivity index (χ4v) is 5.10. The average Bonchev–Trinajstić information content (AvgIpc) is 2.93. The van der Waals surface area contributed by atoms with Crippen LogP contribution < -0.4 is 16.0 Å². The van der Waals surface area contributed by atoms with E-state index in [0.717, 1.165) is 75.9 Å². The second-order valence-corrected chi connectivity index (χ2v) is 11.1. The number of benzene rings is 2. The van der Waals surface area contributed by atoms with E-state index in [2.05, 4.69) is 20.9 Å². The molecule has 1 aliphatic heterocycles. The van der Waals surface area contributed by atoms with E-state index < -0.39 is 17.8 Å². The average molecular weight is 614 g/mol. The summed E-state index contributed by atoms with van der Waals surface area (Å²) in [4.78, 5) is 26.6. The molecule has 0 aliphatic carbocycles. The normalized spacial score (nSPS) is 16.1. The van der Waals surface area contributed by atoms with Gasteiger partial charge in [-0.2, -0.15) is 13.2 Å². The number of halogens is 5. The highest BCUT2D eigenvalue weighted by Gasteiger charge is 2.30. The number of amides is 3. The molecule has 1 aliphatic rings. The second-order valence-electron chi connectivity index (χ2n) is 10.3. The maximum absolute atomic E-state index is 12.7. The van der Waals surface area contributed by atoms with Crippen molar-refractivity contribution in [1.82, 2.24) is 15.5 Å². The summed E-state index contributed by atoms with van der Waals surface area (Å²) in [6, 6.07) is 9.17. The first-order chi connectivity index (χ1) is 19.6. The molecule has 2 aromatic rings. The number of carbonyl (C=O) groups excluding carboxylic acids is 2. The first-order valence-electron chi connectivity index (χ1n) is 14.0. The van der Waals surface area contributed by atoms with Crippen LogP contribution in [0.25, 0.3) is 6.08 Å². The number of unbranched alkanes of at least 4 members (excludes halogenated alkanes) is 2. The highest BCUT2D eigenvalue weighted by molar-refractivity contribution is 6.42. The van der Waals surface area contributed by atoms with Gasteiger partial charge in [0, 0.05) is 31.4 Å². The lowest BCUT2D eigenvalue weighted by Crippen LogP contribution is -2.36. The van der Waals surface area contributed by atoms with E-state index in [0.29, 0.717) is 34.7 Å². The summed E-state index contributed by atoms with van der Waals surface area (Å²) in [5, 5.41) is 9.18. The third kappa shape index (κ3) is 12.3. The number of anilines is 1. The topological polar surface area (TPSA) is 73.5 Å². The molecule has 1 fully saturated rings. The molecule has 2 aromatic carbocycles. The van der Waals surface area contributed by atoms with E-state index in [1.54, 1.807) is 24.3 Å². The smallest absolute Gasteiger partial charge is 0.353 e. The second kappa shape index (κ2) is 16.6. The zero-order chi connectivity index (χ0) is 29.7. The Labute approximate surface area is 249 Å². The van der Waals surface area contributed by atoms with Gasteiger partial charge in [-0.3, -0.25) is 4.79 Å².